The minimum atomic E-state index is -0.632. The summed E-state index contributed by atoms with van der Waals surface area (Å²) in [4.78, 5) is 28.8. The van der Waals surface area contributed by atoms with Crippen LogP contribution in [0.25, 0.3) is 0 Å². The van der Waals surface area contributed by atoms with Crippen molar-refractivity contribution in [2.45, 2.75) is 25.2 Å². The maximum atomic E-state index is 11.6. The summed E-state index contributed by atoms with van der Waals surface area (Å²) in [7, 11) is 1.24. The first-order chi connectivity index (χ1) is 12.6. The molecule has 7 heteroatoms. The van der Waals surface area contributed by atoms with Gasteiger partial charge in [0.05, 0.1) is 17.6 Å². The monoisotopic (exact) mass is 355 g/mol. The molecule has 0 radical (unpaired) electrons. The second-order valence-corrected chi connectivity index (χ2v) is 6.34. The molecular formula is C19H21N3O4. The molecule has 1 saturated heterocycles. The number of aromatic nitrogens is 1. The van der Waals surface area contributed by atoms with Gasteiger partial charge in [0, 0.05) is 25.4 Å². The van der Waals surface area contributed by atoms with Gasteiger partial charge < -0.3 is 9.64 Å². The van der Waals surface area contributed by atoms with E-state index >= 15 is 0 Å². The fraction of sp³-hybridized carbons (Fsp3) is 0.368. The third kappa shape index (κ3) is 3.82. The Hall–Kier alpha value is -2.96. The first-order valence-corrected chi connectivity index (χ1v) is 8.63. The molecular weight excluding hydrogens is 334 g/mol. The number of rotatable bonds is 4. The third-order valence-electron chi connectivity index (χ3n) is 4.76. The zero-order valence-electron chi connectivity index (χ0n) is 14.6. The van der Waals surface area contributed by atoms with Crippen LogP contribution >= 0.6 is 0 Å². The minimum Gasteiger partial charge on any atom is -0.465 e. The number of pyridine rings is 1. The molecule has 1 unspecified atom stereocenters. The van der Waals surface area contributed by atoms with Gasteiger partial charge >= 0.3 is 11.7 Å². The van der Waals surface area contributed by atoms with Crippen molar-refractivity contribution in [2.24, 2.45) is 0 Å². The lowest BCUT2D eigenvalue weighted by molar-refractivity contribution is -0.384. The van der Waals surface area contributed by atoms with Crippen LogP contribution in [0.1, 0.15) is 41.1 Å². The van der Waals surface area contributed by atoms with Gasteiger partial charge in [0.1, 0.15) is 0 Å². The van der Waals surface area contributed by atoms with Crippen LogP contribution in [-0.2, 0) is 4.74 Å². The van der Waals surface area contributed by atoms with Crippen LogP contribution in [-0.4, -0.2) is 36.1 Å². The molecule has 1 fully saturated rings. The van der Waals surface area contributed by atoms with E-state index in [1.165, 1.54) is 24.9 Å². The molecule has 0 amide bonds. The largest absolute Gasteiger partial charge is 0.465 e. The van der Waals surface area contributed by atoms with Gasteiger partial charge in [0.15, 0.2) is 0 Å². The maximum Gasteiger partial charge on any atom is 0.339 e. The van der Waals surface area contributed by atoms with E-state index in [4.69, 9.17) is 0 Å². The average Bonchev–Trinajstić information content (AvgIpc) is 2.93. The van der Waals surface area contributed by atoms with Crippen molar-refractivity contribution in [3.8, 4) is 0 Å². The zero-order valence-corrected chi connectivity index (χ0v) is 14.6. The number of hydrogen-bond acceptors (Lipinski definition) is 6. The standard InChI is InChI=1S/C19H21N3O4/c1-26-19(23)16-12-17(22(24)25)18(20-13-16)21-10-5-8-15(9-11-21)14-6-3-2-4-7-14/h2-4,6-7,12-13,15H,5,8-11H2,1H3. The van der Waals surface area contributed by atoms with Crippen LogP contribution in [0.2, 0.25) is 0 Å². The molecule has 1 aliphatic heterocycles. The maximum absolute atomic E-state index is 11.6. The Balaban J connectivity index is 1.82. The van der Waals surface area contributed by atoms with E-state index in [-0.39, 0.29) is 11.3 Å². The van der Waals surface area contributed by atoms with Crippen molar-refractivity contribution in [1.29, 1.82) is 0 Å². The number of hydrogen-bond donors (Lipinski definition) is 0. The molecule has 0 spiro atoms. The van der Waals surface area contributed by atoms with E-state index in [0.717, 1.165) is 19.3 Å². The van der Waals surface area contributed by atoms with Crippen LogP contribution in [0, 0.1) is 10.1 Å². The van der Waals surface area contributed by atoms with Crippen LogP contribution in [0.5, 0.6) is 0 Å². The number of methoxy groups -OCH3 is 1. The topological polar surface area (TPSA) is 85.6 Å². The lowest BCUT2D eigenvalue weighted by Crippen LogP contribution is -2.26. The first kappa shape index (κ1) is 17.8. The van der Waals surface area contributed by atoms with Crippen molar-refractivity contribution < 1.29 is 14.5 Å². The highest BCUT2D eigenvalue weighted by Crippen LogP contribution is 2.33. The van der Waals surface area contributed by atoms with E-state index in [9.17, 15) is 14.9 Å². The van der Waals surface area contributed by atoms with Crippen LogP contribution < -0.4 is 4.90 Å². The zero-order chi connectivity index (χ0) is 18.5. The number of ether oxygens (including phenoxy) is 1. The lowest BCUT2D eigenvalue weighted by Gasteiger charge is -2.21. The second kappa shape index (κ2) is 7.95. The molecule has 1 aromatic heterocycles. The Kier molecular flexibility index (Phi) is 5.46. The predicted molar refractivity (Wildman–Crippen MR) is 97.5 cm³/mol. The molecule has 136 valence electrons. The quantitative estimate of drug-likeness (QED) is 0.474. The number of nitrogens with zero attached hydrogens (tertiary/aromatic N) is 3. The van der Waals surface area contributed by atoms with Gasteiger partial charge in [-0.1, -0.05) is 30.3 Å². The molecule has 2 heterocycles. The summed E-state index contributed by atoms with van der Waals surface area (Å²) in [5.41, 5.74) is 1.23. The normalized spacial score (nSPS) is 17.4. The summed E-state index contributed by atoms with van der Waals surface area (Å²) in [6.07, 6.45) is 4.21. The smallest absolute Gasteiger partial charge is 0.339 e. The van der Waals surface area contributed by atoms with Crippen LogP contribution in [0.15, 0.2) is 42.6 Å². The number of carbonyl (C=O) groups excluding carboxylic acids is 1. The highest BCUT2D eigenvalue weighted by molar-refractivity contribution is 5.90. The molecule has 0 bridgehead atoms. The fourth-order valence-corrected chi connectivity index (χ4v) is 3.42. The van der Waals surface area contributed by atoms with E-state index in [1.54, 1.807) is 0 Å². The van der Waals surface area contributed by atoms with Crippen molar-refractivity contribution in [1.82, 2.24) is 4.98 Å². The summed E-state index contributed by atoms with van der Waals surface area (Å²) in [6, 6.07) is 11.6. The fourth-order valence-electron chi connectivity index (χ4n) is 3.42. The van der Waals surface area contributed by atoms with Gasteiger partial charge in [-0.05, 0) is 30.7 Å². The number of esters is 1. The van der Waals surface area contributed by atoms with Gasteiger partial charge in [-0.3, -0.25) is 10.1 Å². The number of nitro groups is 1. The first-order valence-electron chi connectivity index (χ1n) is 8.63. The van der Waals surface area contributed by atoms with Crippen molar-refractivity contribution in [3.63, 3.8) is 0 Å². The van der Waals surface area contributed by atoms with Gasteiger partial charge in [0.2, 0.25) is 5.82 Å². The van der Waals surface area contributed by atoms with Gasteiger partial charge in [0.25, 0.3) is 0 Å². The molecule has 1 atom stereocenters. The van der Waals surface area contributed by atoms with Gasteiger partial charge in [-0.25, -0.2) is 9.78 Å². The highest BCUT2D eigenvalue weighted by Gasteiger charge is 2.26. The second-order valence-electron chi connectivity index (χ2n) is 6.34. The molecule has 1 aromatic carbocycles. The third-order valence-corrected chi connectivity index (χ3v) is 4.76. The Bertz CT molecular complexity index is 795. The summed E-state index contributed by atoms with van der Waals surface area (Å²) < 4.78 is 4.62. The van der Waals surface area contributed by atoms with Gasteiger partial charge in [-0.2, -0.15) is 0 Å². The Morgan fingerprint density at radius 1 is 1.27 bits per heavy atom. The lowest BCUT2D eigenvalue weighted by atomic mass is 9.92. The summed E-state index contributed by atoms with van der Waals surface area (Å²) in [5.74, 6) is 0.123. The van der Waals surface area contributed by atoms with Crippen molar-refractivity contribution in [3.05, 3.63) is 63.8 Å². The number of anilines is 1. The number of carbonyl (C=O) groups is 1. The molecule has 7 nitrogen and oxygen atoms in total. The molecule has 0 saturated carbocycles. The van der Waals surface area contributed by atoms with E-state index in [2.05, 4.69) is 21.9 Å². The Morgan fingerprint density at radius 2 is 2.04 bits per heavy atom. The van der Waals surface area contributed by atoms with Crippen LogP contribution in [0.3, 0.4) is 0 Å². The minimum absolute atomic E-state index is 0.0833. The Labute approximate surface area is 151 Å². The van der Waals surface area contributed by atoms with E-state index < -0.39 is 10.9 Å². The van der Waals surface area contributed by atoms with Crippen molar-refractivity contribution in [2.75, 3.05) is 25.1 Å². The molecule has 1 aliphatic rings. The Morgan fingerprint density at radius 3 is 2.73 bits per heavy atom. The summed E-state index contributed by atoms with van der Waals surface area (Å²) in [6.45, 7) is 1.39. The highest BCUT2D eigenvalue weighted by atomic mass is 16.6. The van der Waals surface area contributed by atoms with E-state index in [0.29, 0.717) is 24.8 Å². The SMILES string of the molecule is COC(=O)c1cnc(N2CCCC(c3ccccc3)CC2)c([N+](=O)[O-])c1. The molecule has 2 aromatic rings. The number of benzene rings is 1. The molecule has 3 rings (SSSR count). The van der Waals surface area contributed by atoms with Crippen LogP contribution in [0.4, 0.5) is 11.5 Å². The molecule has 26 heavy (non-hydrogen) atoms. The van der Waals surface area contributed by atoms with E-state index in [1.807, 2.05) is 23.1 Å². The predicted octanol–water partition coefficient (Wildman–Crippen LogP) is 3.55. The summed E-state index contributed by atoms with van der Waals surface area (Å²) in [5, 5.41) is 11.5. The van der Waals surface area contributed by atoms with Crippen molar-refractivity contribution >= 4 is 17.5 Å². The molecule has 0 N–H and O–H groups in total. The van der Waals surface area contributed by atoms with Gasteiger partial charge in [-0.15, -0.1) is 0 Å². The average molecular weight is 355 g/mol. The molecule has 0 aliphatic carbocycles. The summed E-state index contributed by atoms with van der Waals surface area (Å²) >= 11 is 0.